The van der Waals surface area contributed by atoms with Crippen LogP contribution in [0.4, 0.5) is 0 Å². The highest BCUT2D eigenvalue weighted by atomic mass is 79.9. The van der Waals surface area contributed by atoms with E-state index in [0.29, 0.717) is 22.3 Å². The summed E-state index contributed by atoms with van der Waals surface area (Å²) >= 11 is 3.17. The zero-order chi connectivity index (χ0) is 11.1. The molecule has 0 radical (unpaired) electrons. The first-order chi connectivity index (χ1) is 7.72. The van der Waals surface area contributed by atoms with Crippen molar-refractivity contribution in [1.82, 2.24) is 15.4 Å². The molecule has 86 valence electrons. The van der Waals surface area contributed by atoms with Gasteiger partial charge in [-0.05, 0) is 28.3 Å². The summed E-state index contributed by atoms with van der Waals surface area (Å²) in [6.07, 6.45) is 1.18. The fourth-order valence-electron chi connectivity index (χ4n) is 2.51. The molecule has 1 aromatic rings. The molecule has 0 aliphatic carbocycles. The lowest BCUT2D eigenvalue weighted by Gasteiger charge is -2.30. The van der Waals surface area contributed by atoms with E-state index in [1.807, 2.05) is 4.90 Å². The average molecular weight is 286 g/mol. The predicted octanol–water partition coefficient (Wildman–Crippen LogP) is 0.871. The second kappa shape index (κ2) is 3.85. The van der Waals surface area contributed by atoms with Crippen LogP contribution < -0.4 is 5.32 Å². The van der Waals surface area contributed by atoms with Crippen LogP contribution in [0.1, 0.15) is 17.0 Å². The third-order valence-electron chi connectivity index (χ3n) is 3.21. The molecular weight excluding hydrogens is 274 g/mol. The minimum Gasteiger partial charge on any atom is -0.350 e. The zero-order valence-corrected chi connectivity index (χ0v) is 10.2. The van der Waals surface area contributed by atoms with E-state index in [1.165, 1.54) is 6.42 Å². The largest absolute Gasteiger partial charge is 0.350 e. The highest BCUT2D eigenvalue weighted by Crippen LogP contribution is 2.24. The predicted molar refractivity (Wildman–Crippen MR) is 60.0 cm³/mol. The van der Waals surface area contributed by atoms with Gasteiger partial charge >= 0.3 is 0 Å². The summed E-state index contributed by atoms with van der Waals surface area (Å²) in [5.74, 6) is 0.846. The van der Waals surface area contributed by atoms with E-state index in [0.717, 1.165) is 19.6 Å². The Hall–Kier alpha value is -0.880. The van der Waals surface area contributed by atoms with Crippen molar-refractivity contribution in [3.05, 3.63) is 16.4 Å². The van der Waals surface area contributed by atoms with E-state index in [9.17, 15) is 4.79 Å². The van der Waals surface area contributed by atoms with Gasteiger partial charge in [-0.3, -0.25) is 4.79 Å². The van der Waals surface area contributed by atoms with Crippen molar-refractivity contribution < 1.29 is 9.32 Å². The molecule has 2 atom stereocenters. The maximum absolute atomic E-state index is 12.1. The molecule has 3 heterocycles. The molecule has 5 nitrogen and oxygen atoms in total. The minimum absolute atomic E-state index is 0.0587. The molecular formula is C10H12BrN3O2. The lowest BCUT2D eigenvalue weighted by Crippen LogP contribution is -2.44. The number of likely N-dealkylation sites (tertiary alicyclic amines) is 1. The van der Waals surface area contributed by atoms with Crippen LogP contribution in [0.15, 0.2) is 15.2 Å². The topological polar surface area (TPSA) is 58.4 Å². The summed E-state index contributed by atoms with van der Waals surface area (Å²) in [6, 6.07) is 2.07. The number of halogens is 1. The van der Waals surface area contributed by atoms with Crippen LogP contribution in [0.25, 0.3) is 0 Å². The second-order valence-electron chi connectivity index (χ2n) is 4.43. The highest BCUT2D eigenvalue weighted by Gasteiger charge is 2.35. The Kier molecular flexibility index (Phi) is 2.48. The highest BCUT2D eigenvalue weighted by molar-refractivity contribution is 9.10. The Morgan fingerprint density at radius 2 is 2.50 bits per heavy atom. The number of hydrogen-bond donors (Lipinski definition) is 1. The van der Waals surface area contributed by atoms with Crippen molar-refractivity contribution in [3.8, 4) is 0 Å². The molecule has 0 aromatic carbocycles. The normalized spacial score (nSPS) is 28.4. The Morgan fingerprint density at radius 3 is 3.19 bits per heavy atom. The maximum Gasteiger partial charge on any atom is 0.292 e. The summed E-state index contributed by atoms with van der Waals surface area (Å²) in [4.78, 5) is 13.9. The third kappa shape index (κ3) is 1.76. The maximum atomic E-state index is 12.1. The third-order valence-corrected chi connectivity index (χ3v) is 3.59. The van der Waals surface area contributed by atoms with Gasteiger partial charge in [0.1, 0.15) is 4.60 Å². The number of nitrogens with one attached hydrogen (secondary N) is 1. The number of piperidine rings is 1. The van der Waals surface area contributed by atoms with Crippen molar-refractivity contribution in [3.63, 3.8) is 0 Å². The van der Waals surface area contributed by atoms with E-state index in [4.69, 9.17) is 4.52 Å². The molecule has 6 heteroatoms. The van der Waals surface area contributed by atoms with Gasteiger partial charge in [-0.2, -0.15) is 0 Å². The number of carbonyl (C=O) groups is 1. The van der Waals surface area contributed by atoms with Crippen LogP contribution >= 0.6 is 15.9 Å². The zero-order valence-electron chi connectivity index (χ0n) is 8.65. The molecule has 1 aromatic heterocycles. The van der Waals surface area contributed by atoms with Crippen molar-refractivity contribution in [2.24, 2.45) is 5.92 Å². The van der Waals surface area contributed by atoms with Gasteiger partial charge in [-0.1, -0.05) is 5.16 Å². The summed E-state index contributed by atoms with van der Waals surface area (Å²) < 4.78 is 5.53. The van der Waals surface area contributed by atoms with E-state index < -0.39 is 0 Å². The molecule has 2 fully saturated rings. The van der Waals surface area contributed by atoms with Gasteiger partial charge in [-0.25, -0.2) is 0 Å². The first-order valence-corrected chi connectivity index (χ1v) is 6.16. The van der Waals surface area contributed by atoms with E-state index >= 15 is 0 Å². The van der Waals surface area contributed by atoms with Crippen LogP contribution in [0.2, 0.25) is 0 Å². The van der Waals surface area contributed by atoms with Crippen LogP contribution in [-0.4, -0.2) is 41.6 Å². The van der Waals surface area contributed by atoms with Gasteiger partial charge in [0.15, 0.2) is 0 Å². The van der Waals surface area contributed by atoms with Gasteiger partial charge in [0.2, 0.25) is 5.76 Å². The quantitative estimate of drug-likeness (QED) is 0.832. The number of aromatic nitrogens is 1. The Bertz CT molecular complexity index is 408. The molecule has 0 saturated carbocycles. The molecule has 2 unspecified atom stereocenters. The van der Waals surface area contributed by atoms with E-state index in [-0.39, 0.29) is 5.91 Å². The van der Waals surface area contributed by atoms with Gasteiger partial charge in [0.05, 0.1) is 0 Å². The van der Waals surface area contributed by atoms with E-state index in [2.05, 4.69) is 26.4 Å². The second-order valence-corrected chi connectivity index (χ2v) is 5.24. The number of nitrogens with zero attached hydrogens (tertiary/aromatic N) is 2. The van der Waals surface area contributed by atoms with Crippen LogP contribution in [-0.2, 0) is 0 Å². The fraction of sp³-hybridized carbons (Fsp3) is 0.600. The molecule has 2 bridgehead atoms. The molecule has 0 spiro atoms. The van der Waals surface area contributed by atoms with Crippen molar-refractivity contribution >= 4 is 21.8 Å². The lowest BCUT2D eigenvalue weighted by molar-refractivity contribution is 0.0649. The van der Waals surface area contributed by atoms with E-state index in [1.54, 1.807) is 6.07 Å². The van der Waals surface area contributed by atoms with Gasteiger partial charge in [-0.15, -0.1) is 0 Å². The molecule has 2 aliphatic heterocycles. The van der Waals surface area contributed by atoms with Crippen molar-refractivity contribution in [2.45, 2.75) is 12.5 Å². The number of rotatable bonds is 1. The van der Waals surface area contributed by atoms with Crippen LogP contribution in [0.3, 0.4) is 0 Å². The van der Waals surface area contributed by atoms with Crippen molar-refractivity contribution in [2.75, 3.05) is 19.6 Å². The minimum atomic E-state index is -0.0587. The average Bonchev–Trinajstić information content (AvgIpc) is 2.84. The lowest BCUT2D eigenvalue weighted by atomic mass is 10.00. The monoisotopic (exact) mass is 285 g/mol. The van der Waals surface area contributed by atoms with Crippen LogP contribution in [0.5, 0.6) is 0 Å². The SMILES string of the molecule is O=C(c1cc(Br)no1)N1CC2CNC(C2)C1. The number of amides is 1. The summed E-state index contributed by atoms with van der Waals surface area (Å²) in [5.41, 5.74) is 0. The molecule has 1 amide bonds. The standard InChI is InChI=1S/C10H12BrN3O2/c11-9-2-8(16-13-9)10(15)14-4-6-1-7(5-14)12-3-6/h2,6-7,12H,1,3-5H2. The molecule has 2 saturated heterocycles. The number of fused-ring (bicyclic) bond motifs is 2. The first kappa shape index (κ1) is 10.3. The molecule has 16 heavy (non-hydrogen) atoms. The van der Waals surface area contributed by atoms with Crippen LogP contribution in [0, 0.1) is 5.92 Å². The Balaban J connectivity index is 1.76. The number of carbonyl (C=O) groups excluding carboxylic acids is 1. The van der Waals surface area contributed by atoms with Gasteiger partial charge < -0.3 is 14.7 Å². The summed E-state index contributed by atoms with van der Waals surface area (Å²) in [7, 11) is 0. The Morgan fingerprint density at radius 1 is 1.62 bits per heavy atom. The van der Waals surface area contributed by atoms with Gasteiger partial charge in [0, 0.05) is 31.7 Å². The smallest absolute Gasteiger partial charge is 0.292 e. The Labute approximate surface area is 101 Å². The summed E-state index contributed by atoms with van der Waals surface area (Å²) in [5, 5.41) is 7.08. The fourth-order valence-corrected chi connectivity index (χ4v) is 2.79. The molecule has 3 rings (SSSR count). The van der Waals surface area contributed by atoms with Gasteiger partial charge in [0.25, 0.3) is 5.91 Å². The van der Waals surface area contributed by atoms with Crippen molar-refractivity contribution in [1.29, 1.82) is 0 Å². The molecule has 1 N–H and O–H groups in total. The number of hydrogen-bond acceptors (Lipinski definition) is 4. The first-order valence-electron chi connectivity index (χ1n) is 5.37. The molecule has 2 aliphatic rings. The summed E-state index contributed by atoms with van der Waals surface area (Å²) in [6.45, 7) is 2.61.